The van der Waals surface area contributed by atoms with Gasteiger partial charge in [-0.2, -0.15) is 0 Å². The number of anilines is 1. The Kier molecular flexibility index (Phi) is 5.74. The van der Waals surface area contributed by atoms with E-state index < -0.39 is 0 Å². The van der Waals surface area contributed by atoms with Gasteiger partial charge in [0, 0.05) is 42.2 Å². The van der Waals surface area contributed by atoms with Gasteiger partial charge in [-0.25, -0.2) is 9.37 Å². The summed E-state index contributed by atoms with van der Waals surface area (Å²) in [6.45, 7) is 4.33. The molecule has 0 saturated carbocycles. The highest BCUT2D eigenvalue weighted by molar-refractivity contribution is 5.94. The average Bonchev–Trinajstić information content (AvgIpc) is 2.77. The van der Waals surface area contributed by atoms with E-state index in [0.717, 1.165) is 66.7 Å². The largest absolute Gasteiger partial charge is 0.371 e. The number of piperidine rings is 1. The standard InChI is InChI=1S/C24H26FN3O/c1-2-12-26-24(29)18-10-13-28(14-11-18)23-16-22(17-6-4-3-5-7-17)27-21-9-8-19(25)15-20(21)23/h3-9,15-16,18H,2,10-14H2,1H3,(H,26,29). The van der Waals surface area contributed by atoms with Crippen molar-refractivity contribution in [3.05, 3.63) is 60.4 Å². The number of hydrogen-bond acceptors (Lipinski definition) is 3. The van der Waals surface area contributed by atoms with Crippen molar-refractivity contribution in [1.29, 1.82) is 0 Å². The summed E-state index contributed by atoms with van der Waals surface area (Å²) in [6, 6.07) is 16.8. The number of benzene rings is 2. The zero-order chi connectivity index (χ0) is 20.2. The normalized spacial score (nSPS) is 14.9. The SMILES string of the molecule is CCCNC(=O)C1CCN(c2cc(-c3ccccc3)nc3ccc(F)cc23)CC1. The van der Waals surface area contributed by atoms with Crippen LogP contribution in [0.1, 0.15) is 26.2 Å². The fourth-order valence-electron chi connectivity index (χ4n) is 3.97. The van der Waals surface area contributed by atoms with E-state index in [0.29, 0.717) is 0 Å². The Balaban J connectivity index is 1.64. The van der Waals surface area contributed by atoms with Crippen LogP contribution in [-0.4, -0.2) is 30.5 Å². The number of rotatable bonds is 5. The number of carbonyl (C=O) groups is 1. The first kappa shape index (κ1) is 19.4. The van der Waals surface area contributed by atoms with Crippen LogP contribution in [0.3, 0.4) is 0 Å². The highest BCUT2D eigenvalue weighted by atomic mass is 19.1. The molecule has 4 nitrogen and oxygen atoms in total. The number of nitrogens with one attached hydrogen (secondary N) is 1. The molecule has 2 aromatic carbocycles. The molecule has 0 unspecified atom stereocenters. The van der Waals surface area contributed by atoms with Crippen LogP contribution >= 0.6 is 0 Å². The van der Waals surface area contributed by atoms with Crippen LogP contribution in [0.4, 0.5) is 10.1 Å². The highest BCUT2D eigenvalue weighted by Gasteiger charge is 2.26. The van der Waals surface area contributed by atoms with Crippen LogP contribution in [0, 0.1) is 11.7 Å². The molecule has 1 amide bonds. The topological polar surface area (TPSA) is 45.2 Å². The number of fused-ring (bicyclic) bond motifs is 1. The fourth-order valence-corrected chi connectivity index (χ4v) is 3.97. The molecule has 2 heterocycles. The van der Waals surface area contributed by atoms with Crippen molar-refractivity contribution in [3.8, 4) is 11.3 Å². The molecular weight excluding hydrogens is 365 g/mol. The molecule has 0 bridgehead atoms. The molecule has 0 radical (unpaired) electrons. The number of halogens is 1. The molecular formula is C24H26FN3O. The smallest absolute Gasteiger partial charge is 0.223 e. The maximum atomic E-state index is 14.0. The first-order chi connectivity index (χ1) is 14.2. The van der Waals surface area contributed by atoms with Gasteiger partial charge in [-0.15, -0.1) is 0 Å². The summed E-state index contributed by atoms with van der Waals surface area (Å²) < 4.78 is 14.0. The molecule has 5 heteroatoms. The molecule has 29 heavy (non-hydrogen) atoms. The number of nitrogens with zero attached hydrogens (tertiary/aromatic N) is 2. The van der Waals surface area contributed by atoms with Gasteiger partial charge in [0.1, 0.15) is 5.82 Å². The van der Waals surface area contributed by atoms with E-state index in [9.17, 15) is 9.18 Å². The van der Waals surface area contributed by atoms with E-state index in [2.05, 4.69) is 23.2 Å². The van der Waals surface area contributed by atoms with Gasteiger partial charge in [0.25, 0.3) is 0 Å². The third-order valence-corrected chi connectivity index (χ3v) is 5.57. The van der Waals surface area contributed by atoms with Crippen molar-refractivity contribution in [2.75, 3.05) is 24.5 Å². The van der Waals surface area contributed by atoms with Crippen LogP contribution in [0.5, 0.6) is 0 Å². The van der Waals surface area contributed by atoms with Gasteiger partial charge in [-0.05, 0) is 43.5 Å². The Morgan fingerprint density at radius 3 is 2.62 bits per heavy atom. The minimum absolute atomic E-state index is 0.0521. The summed E-state index contributed by atoms with van der Waals surface area (Å²) in [5, 5.41) is 3.83. The van der Waals surface area contributed by atoms with Crippen molar-refractivity contribution in [1.82, 2.24) is 10.3 Å². The van der Waals surface area contributed by atoms with Crippen LogP contribution in [-0.2, 0) is 4.79 Å². The minimum atomic E-state index is -0.262. The van der Waals surface area contributed by atoms with E-state index >= 15 is 0 Å². The zero-order valence-electron chi connectivity index (χ0n) is 16.7. The van der Waals surface area contributed by atoms with Crippen molar-refractivity contribution >= 4 is 22.5 Å². The van der Waals surface area contributed by atoms with E-state index in [-0.39, 0.29) is 17.6 Å². The van der Waals surface area contributed by atoms with Crippen LogP contribution < -0.4 is 10.2 Å². The van der Waals surface area contributed by atoms with Gasteiger partial charge < -0.3 is 10.2 Å². The molecule has 1 aliphatic heterocycles. The Morgan fingerprint density at radius 2 is 1.90 bits per heavy atom. The Morgan fingerprint density at radius 1 is 1.14 bits per heavy atom. The third-order valence-electron chi connectivity index (χ3n) is 5.57. The molecule has 1 aromatic heterocycles. The third kappa shape index (κ3) is 4.24. The summed E-state index contributed by atoms with van der Waals surface area (Å²) in [6.07, 6.45) is 2.55. The van der Waals surface area contributed by atoms with E-state index in [1.54, 1.807) is 12.1 Å². The molecule has 0 atom stereocenters. The molecule has 1 fully saturated rings. The molecule has 3 aromatic rings. The van der Waals surface area contributed by atoms with Gasteiger partial charge in [0.05, 0.1) is 11.2 Å². The van der Waals surface area contributed by atoms with Gasteiger partial charge >= 0.3 is 0 Å². The summed E-state index contributed by atoms with van der Waals surface area (Å²) >= 11 is 0. The predicted molar refractivity (Wildman–Crippen MR) is 115 cm³/mol. The quantitative estimate of drug-likeness (QED) is 0.681. The zero-order valence-corrected chi connectivity index (χ0v) is 16.7. The molecule has 1 N–H and O–H groups in total. The lowest BCUT2D eigenvalue weighted by atomic mass is 9.95. The van der Waals surface area contributed by atoms with Crippen LogP contribution in [0.15, 0.2) is 54.6 Å². The molecule has 1 aliphatic rings. The van der Waals surface area contributed by atoms with Crippen molar-refractivity contribution in [3.63, 3.8) is 0 Å². The first-order valence-electron chi connectivity index (χ1n) is 10.3. The molecule has 150 valence electrons. The van der Waals surface area contributed by atoms with Crippen LogP contribution in [0.25, 0.3) is 22.2 Å². The molecule has 0 aliphatic carbocycles. The van der Waals surface area contributed by atoms with Crippen molar-refractivity contribution in [2.24, 2.45) is 5.92 Å². The lowest BCUT2D eigenvalue weighted by molar-refractivity contribution is -0.125. The predicted octanol–water partition coefficient (Wildman–Crippen LogP) is 4.78. The van der Waals surface area contributed by atoms with Crippen molar-refractivity contribution in [2.45, 2.75) is 26.2 Å². The Hall–Kier alpha value is -2.95. The average molecular weight is 391 g/mol. The summed E-state index contributed by atoms with van der Waals surface area (Å²) in [5.41, 5.74) is 3.68. The number of amides is 1. The summed E-state index contributed by atoms with van der Waals surface area (Å²) in [4.78, 5) is 19.3. The maximum absolute atomic E-state index is 14.0. The molecule has 4 rings (SSSR count). The van der Waals surface area contributed by atoms with Crippen LogP contribution in [0.2, 0.25) is 0 Å². The first-order valence-corrected chi connectivity index (χ1v) is 10.3. The molecule has 0 spiro atoms. The number of aromatic nitrogens is 1. The maximum Gasteiger partial charge on any atom is 0.223 e. The lowest BCUT2D eigenvalue weighted by Gasteiger charge is -2.34. The monoisotopic (exact) mass is 391 g/mol. The number of pyridine rings is 1. The summed E-state index contributed by atoms with van der Waals surface area (Å²) in [7, 11) is 0. The summed E-state index contributed by atoms with van der Waals surface area (Å²) in [5.74, 6) is -0.0554. The second-order valence-electron chi connectivity index (χ2n) is 7.61. The highest BCUT2D eigenvalue weighted by Crippen LogP contribution is 2.33. The molecule has 1 saturated heterocycles. The Labute approximate surface area is 170 Å². The fraction of sp³-hybridized carbons (Fsp3) is 0.333. The lowest BCUT2D eigenvalue weighted by Crippen LogP contribution is -2.40. The van der Waals surface area contributed by atoms with E-state index in [1.165, 1.54) is 6.07 Å². The van der Waals surface area contributed by atoms with Gasteiger partial charge in [-0.3, -0.25) is 4.79 Å². The van der Waals surface area contributed by atoms with E-state index in [4.69, 9.17) is 4.98 Å². The second-order valence-corrected chi connectivity index (χ2v) is 7.61. The van der Waals surface area contributed by atoms with Gasteiger partial charge in [0.15, 0.2) is 0 Å². The number of carbonyl (C=O) groups excluding carboxylic acids is 1. The second kappa shape index (κ2) is 8.60. The Bertz CT molecular complexity index is 998. The van der Waals surface area contributed by atoms with Gasteiger partial charge in [-0.1, -0.05) is 37.3 Å². The van der Waals surface area contributed by atoms with Crippen molar-refractivity contribution < 1.29 is 9.18 Å². The number of hydrogen-bond donors (Lipinski definition) is 1. The van der Waals surface area contributed by atoms with Gasteiger partial charge in [0.2, 0.25) is 5.91 Å². The van der Waals surface area contributed by atoms with E-state index in [1.807, 2.05) is 30.3 Å². The minimum Gasteiger partial charge on any atom is -0.371 e.